The van der Waals surface area contributed by atoms with Gasteiger partial charge in [0.25, 0.3) is 0 Å². The third-order valence-electron chi connectivity index (χ3n) is 9.43. The molecule has 0 saturated heterocycles. The Bertz CT molecular complexity index is 2500. The van der Waals surface area contributed by atoms with Gasteiger partial charge in [0.15, 0.2) is 0 Å². The van der Waals surface area contributed by atoms with Crippen LogP contribution in [0.4, 0.5) is 0 Å². The second kappa shape index (κ2) is 8.37. The molecule has 0 atom stereocenters. The van der Waals surface area contributed by atoms with Crippen LogP contribution in [0.1, 0.15) is 16.7 Å². The molecule has 3 heterocycles. The highest BCUT2D eigenvalue weighted by Crippen LogP contribution is 2.40. The van der Waals surface area contributed by atoms with Gasteiger partial charge in [-0.25, -0.2) is 0 Å². The second-order valence-corrected chi connectivity index (χ2v) is 11.6. The molecule has 0 aliphatic rings. The lowest BCUT2D eigenvalue weighted by Gasteiger charge is -2.13. The summed E-state index contributed by atoms with van der Waals surface area (Å²) in [5.74, 6) is 0. The number of hydrogen-bond acceptors (Lipinski definition) is 0. The summed E-state index contributed by atoms with van der Waals surface area (Å²) in [6.07, 6.45) is 0. The fourth-order valence-corrected chi connectivity index (χ4v) is 7.32. The molecule has 1 N–H and O–H groups in total. The Morgan fingerprint density at radius 3 is 1.79 bits per heavy atom. The van der Waals surface area contributed by atoms with Gasteiger partial charge in [-0.1, -0.05) is 60.7 Å². The number of nitrogens with one attached hydrogen (secondary N) is 1. The fraction of sp³-hybridized carbons (Fsp3) is 0.0769. The van der Waals surface area contributed by atoms with Crippen molar-refractivity contribution < 1.29 is 0 Å². The summed E-state index contributed by atoms with van der Waals surface area (Å²) >= 11 is 0. The minimum atomic E-state index is 1.16. The lowest BCUT2D eigenvalue weighted by molar-refractivity contribution is 1.16. The van der Waals surface area contributed by atoms with E-state index in [2.05, 4.69) is 150 Å². The fourth-order valence-electron chi connectivity index (χ4n) is 7.32. The highest BCUT2D eigenvalue weighted by atomic mass is 15.0. The Morgan fingerprint density at radius 1 is 0.452 bits per heavy atom. The van der Waals surface area contributed by atoms with Crippen LogP contribution in [0.3, 0.4) is 0 Å². The molecule has 6 aromatic carbocycles. The van der Waals surface area contributed by atoms with Gasteiger partial charge in [-0.15, -0.1) is 0 Å². The molecule has 200 valence electrons. The van der Waals surface area contributed by atoms with Crippen LogP contribution in [0.2, 0.25) is 0 Å². The van der Waals surface area contributed by atoms with E-state index >= 15 is 0 Å². The maximum Gasteiger partial charge on any atom is 0.0544 e. The van der Waals surface area contributed by atoms with E-state index in [9.17, 15) is 0 Å². The van der Waals surface area contributed by atoms with Crippen molar-refractivity contribution in [2.45, 2.75) is 20.8 Å². The first-order valence-corrected chi connectivity index (χ1v) is 14.6. The minimum absolute atomic E-state index is 1.16. The first kappa shape index (κ1) is 23.4. The summed E-state index contributed by atoms with van der Waals surface area (Å²) in [6, 6.07) is 42.2. The van der Waals surface area contributed by atoms with Crippen LogP contribution in [0.25, 0.3) is 76.8 Å². The number of fused-ring (bicyclic) bond motifs is 9. The van der Waals surface area contributed by atoms with Crippen LogP contribution in [0, 0.1) is 20.8 Å². The maximum atomic E-state index is 3.71. The van der Waals surface area contributed by atoms with Crippen LogP contribution < -0.4 is 0 Å². The average Bonchev–Trinajstić information content (AvgIpc) is 3.67. The number of aryl methyl sites for hydroxylation is 3. The molecule has 0 amide bonds. The molecule has 0 aliphatic carbocycles. The zero-order chi connectivity index (χ0) is 28.1. The number of nitrogens with zero attached hydrogens (tertiary/aromatic N) is 2. The number of hydrogen-bond donors (Lipinski definition) is 1. The molecule has 3 heteroatoms. The molecule has 0 unspecified atom stereocenters. The van der Waals surface area contributed by atoms with Crippen LogP contribution in [-0.2, 0) is 0 Å². The molecule has 9 rings (SSSR count). The van der Waals surface area contributed by atoms with E-state index in [1.54, 1.807) is 0 Å². The van der Waals surface area contributed by atoms with Crippen molar-refractivity contribution in [2.75, 3.05) is 0 Å². The van der Waals surface area contributed by atoms with Crippen LogP contribution >= 0.6 is 0 Å². The Morgan fingerprint density at radius 2 is 1.07 bits per heavy atom. The molecule has 0 aliphatic heterocycles. The largest absolute Gasteiger partial charge is 0.354 e. The SMILES string of the molecule is Cc1ccc2c(c1C)c1ccccc1n2-c1ccc2[nH]c3ccc(-n4c5ccccc5c5ccccc54)cc3c2c1C. The third-order valence-corrected chi connectivity index (χ3v) is 9.43. The molecule has 9 aromatic rings. The van der Waals surface area contributed by atoms with Gasteiger partial charge < -0.3 is 14.1 Å². The van der Waals surface area contributed by atoms with E-state index in [-0.39, 0.29) is 0 Å². The summed E-state index contributed by atoms with van der Waals surface area (Å²) in [6.45, 7) is 6.74. The molecule has 0 spiro atoms. The van der Waals surface area contributed by atoms with E-state index in [4.69, 9.17) is 0 Å². The zero-order valence-electron chi connectivity index (χ0n) is 23.9. The number of rotatable bonds is 2. The van der Waals surface area contributed by atoms with Crippen molar-refractivity contribution in [3.05, 3.63) is 132 Å². The standard InChI is InChI=1S/C39H29N3/c1-23-16-20-37-39(24(23)2)29-12-6-9-15-36(29)42(37)33-21-19-32-38(25(33)3)30-22-26(17-18-31(30)40-32)41-34-13-7-4-10-27(34)28-11-5-8-14-35(28)41/h4-22,40H,1-3H3. The van der Waals surface area contributed by atoms with E-state index in [0.717, 1.165) is 5.52 Å². The summed E-state index contributed by atoms with van der Waals surface area (Å²) in [5.41, 5.74) is 13.6. The summed E-state index contributed by atoms with van der Waals surface area (Å²) < 4.78 is 4.86. The average molecular weight is 540 g/mol. The molecular formula is C39H29N3. The van der Waals surface area contributed by atoms with Gasteiger partial charge in [0.2, 0.25) is 0 Å². The number of aromatic amines is 1. The molecule has 42 heavy (non-hydrogen) atoms. The van der Waals surface area contributed by atoms with Crippen molar-refractivity contribution >= 4 is 65.4 Å². The quantitative estimate of drug-likeness (QED) is 0.226. The molecule has 0 saturated carbocycles. The summed E-state index contributed by atoms with van der Waals surface area (Å²) in [4.78, 5) is 3.71. The van der Waals surface area contributed by atoms with E-state index in [1.165, 1.54) is 88.0 Å². The first-order valence-electron chi connectivity index (χ1n) is 14.6. The number of para-hydroxylation sites is 3. The predicted octanol–water partition coefficient (Wildman–Crippen LogP) is 10.4. The summed E-state index contributed by atoms with van der Waals surface area (Å²) in [7, 11) is 0. The minimum Gasteiger partial charge on any atom is -0.354 e. The van der Waals surface area contributed by atoms with Gasteiger partial charge in [0.1, 0.15) is 0 Å². The highest BCUT2D eigenvalue weighted by molar-refractivity contribution is 6.14. The molecule has 3 nitrogen and oxygen atoms in total. The smallest absolute Gasteiger partial charge is 0.0544 e. The van der Waals surface area contributed by atoms with Gasteiger partial charge in [-0.2, -0.15) is 0 Å². The van der Waals surface area contributed by atoms with Gasteiger partial charge in [0, 0.05) is 54.7 Å². The van der Waals surface area contributed by atoms with Crippen molar-refractivity contribution in [1.82, 2.24) is 14.1 Å². The lowest BCUT2D eigenvalue weighted by atomic mass is 10.0. The maximum absolute atomic E-state index is 3.71. The van der Waals surface area contributed by atoms with Gasteiger partial charge >= 0.3 is 0 Å². The number of aromatic nitrogens is 3. The number of H-pyrrole nitrogens is 1. The van der Waals surface area contributed by atoms with Gasteiger partial charge in [0.05, 0.1) is 22.1 Å². The van der Waals surface area contributed by atoms with Crippen LogP contribution in [0.5, 0.6) is 0 Å². The first-order chi connectivity index (χ1) is 20.6. The predicted molar refractivity (Wildman–Crippen MR) is 179 cm³/mol. The third kappa shape index (κ3) is 3.00. The Labute approximate surface area is 243 Å². The normalized spacial score (nSPS) is 12.2. The molecule has 0 bridgehead atoms. The van der Waals surface area contributed by atoms with E-state index in [1.807, 2.05) is 0 Å². The monoisotopic (exact) mass is 539 g/mol. The second-order valence-electron chi connectivity index (χ2n) is 11.6. The molecule has 3 aromatic heterocycles. The zero-order valence-corrected chi connectivity index (χ0v) is 23.9. The Balaban J connectivity index is 1.35. The van der Waals surface area contributed by atoms with Crippen LogP contribution in [-0.4, -0.2) is 14.1 Å². The van der Waals surface area contributed by atoms with E-state index < -0.39 is 0 Å². The summed E-state index contributed by atoms with van der Waals surface area (Å²) in [5, 5.41) is 7.74. The Hall–Kier alpha value is -5.28. The van der Waals surface area contributed by atoms with Crippen molar-refractivity contribution in [1.29, 1.82) is 0 Å². The van der Waals surface area contributed by atoms with Crippen molar-refractivity contribution in [3.63, 3.8) is 0 Å². The highest BCUT2D eigenvalue weighted by Gasteiger charge is 2.19. The molecule has 0 radical (unpaired) electrons. The number of benzene rings is 6. The topological polar surface area (TPSA) is 25.6 Å². The Kier molecular flexibility index (Phi) is 4.67. The van der Waals surface area contributed by atoms with Crippen LogP contribution in [0.15, 0.2) is 115 Å². The van der Waals surface area contributed by atoms with Gasteiger partial charge in [-0.3, -0.25) is 0 Å². The molecule has 0 fully saturated rings. The lowest BCUT2D eigenvalue weighted by Crippen LogP contribution is -1.98. The van der Waals surface area contributed by atoms with E-state index in [0.29, 0.717) is 0 Å². The van der Waals surface area contributed by atoms with Gasteiger partial charge in [-0.05, 0) is 92.1 Å². The van der Waals surface area contributed by atoms with Crippen molar-refractivity contribution in [2.24, 2.45) is 0 Å². The van der Waals surface area contributed by atoms with Crippen molar-refractivity contribution in [3.8, 4) is 11.4 Å². The molecular weight excluding hydrogens is 510 g/mol.